The largest absolute Gasteiger partial charge is 0.371 e. The lowest BCUT2D eigenvalue weighted by atomic mass is 10.5. The molecule has 0 aliphatic carbocycles. The van der Waals surface area contributed by atoms with Crippen LogP contribution in [0, 0.1) is 5.53 Å². The fraction of sp³-hybridized carbons (Fsp3) is 0.200. The fourth-order valence-electron chi connectivity index (χ4n) is 0.762. The van der Waals surface area contributed by atoms with Crippen molar-refractivity contribution < 1.29 is 0 Å². The summed E-state index contributed by atoms with van der Waals surface area (Å²) in [5.41, 5.74) is 11.3. The van der Waals surface area contributed by atoms with Gasteiger partial charge in [-0.15, -0.1) is 5.11 Å². The van der Waals surface area contributed by atoms with Crippen LogP contribution in [0.2, 0.25) is 0 Å². The molecule has 0 amide bonds. The zero-order chi connectivity index (χ0) is 9.14. The van der Waals surface area contributed by atoms with Crippen LogP contribution in [-0.2, 0) is 0 Å². The van der Waals surface area contributed by atoms with E-state index in [1.165, 1.54) is 0 Å². The third-order valence-electron chi connectivity index (χ3n) is 1.26. The molecule has 1 rings (SSSR count). The summed E-state index contributed by atoms with van der Waals surface area (Å²) in [6.07, 6.45) is 0. The number of nitrogen functional groups attached to an aromatic ring is 1. The zero-order valence-electron chi connectivity index (χ0n) is 6.38. The lowest BCUT2D eigenvalue weighted by Gasteiger charge is -2.01. The molecule has 0 bridgehead atoms. The van der Waals surface area contributed by atoms with E-state index in [9.17, 15) is 4.79 Å². The predicted molar refractivity (Wildman–Crippen MR) is 43.6 cm³/mol. The smallest absolute Gasteiger partial charge is 0.282 e. The van der Waals surface area contributed by atoms with Crippen LogP contribution in [0.5, 0.6) is 0 Å². The maximum Gasteiger partial charge on any atom is 0.282 e. The molecule has 0 aliphatic rings. The van der Waals surface area contributed by atoms with Gasteiger partial charge in [0.2, 0.25) is 5.95 Å². The number of H-pyrrole nitrogens is 1. The summed E-state index contributed by atoms with van der Waals surface area (Å²) in [5.74, 6) is 0.197. The van der Waals surface area contributed by atoms with Gasteiger partial charge in [-0.2, -0.15) is 4.98 Å². The van der Waals surface area contributed by atoms with Gasteiger partial charge in [0.15, 0.2) is 11.5 Å². The summed E-state index contributed by atoms with van der Waals surface area (Å²) in [4.78, 5) is 17.0. The molecule has 1 aromatic rings. The Morgan fingerprint density at radius 1 is 1.75 bits per heavy atom. The molecule has 12 heavy (non-hydrogen) atoms. The van der Waals surface area contributed by atoms with Gasteiger partial charge in [-0.3, -0.25) is 9.78 Å². The van der Waals surface area contributed by atoms with E-state index in [-0.39, 0.29) is 17.5 Å². The van der Waals surface area contributed by atoms with E-state index in [2.05, 4.69) is 20.4 Å². The fourth-order valence-corrected chi connectivity index (χ4v) is 0.762. The summed E-state index contributed by atoms with van der Waals surface area (Å²) in [6.45, 7) is 0. The van der Waals surface area contributed by atoms with E-state index in [0.717, 1.165) is 0 Å². The van der Waals surface area contributed by atoms with Gasteiger partial charge in [-0.25, -0.2) is 5.53 Å². The highest BCUT2D eigenvalue weighted by molar-refractivity contribution is 5.59. The van der Waals surface area contributed by atoms with E-state index in [4.69, 9.17) is 11.3 Å². The van der Waals surface area contributed by atoms with Gasteiger partial charge in [0, 0.05) is 7.05 Å². The van der Waals surface area contributed by atoms with Gasteiger partial charge in [0.05, 0.1) is 0 Å². The predicted octanol–water partition coefficient (Wildman–Crippen LogP) is 0.0563. The van der Waals surface area contributed by atoms with Gasteiger partial charge < -0.3 is 11.1 Å². The molecule has 0 radical (unpaired) electrons. The minimum Gasteiger partial charge on any atom is -0.371 e. The molecule has 0 spiro atoms. The van der Waals surface area contributed by atoms with Gasteiger partial charge in [0.1, 0.15) is 0 Å². The lowest BCUT2D eigenvalue weighted by Crippen LogP contribution is -2.12. The number of anilines is 2. The van der Waals surface area contributed by atoms with Crippen LogP contribution in [0.25, 0.3) is 0 Å². The molecule has 0 aromatic carbocycles. The average molecular weight is 168 g/mol. The van der Waals surface area contributed by atoms with Crippen molar-refractivity contribution in [3.63, 3.8) is 0 Å². The summed E-state index contributed by atoms with van der Waals surface area (Å²) in [7, 11) is 1.57. The van der Waals surface area contributed by atoms with E-state index in [0.29, 0.717) is 0 Å². The van der Waals surface area contributed by atoms with Crippen molar-refractivity contribution in [2.45, 2.75) is 0 Å². The Kier molecular flexibility index (Phi) is 2.04. The van der Waals surface area contributed by atoms with E-state index < -0.39 is 5.56 Å². The Balaban J connectivity index is 3.44. The first-order valence-corrected chi connectivity index (χ1v) is 3.14. The molecule has 0 aliphatic heterocycles. The molecular weight excluding hydrogens is 160 g/mol. The number of aromatic amines is 1. The van der Waals surface area contributed by atoms with Gasteiger partial charge in [-0.1, -0.05) is 0 Å². The Labute approximate surface area is 67.5 Å². The molecule has 7 heteroatoms. The Morgan fingerprint density at radius 3 is 2.92 bits per heavy atom. The van der Waals surface area contributed by atoms with Crippen molar-refractivity contribution in [2.24, 2.45) is 5.11 Å². The molecule has 64 valence electrons. The maximum atomic E-state index is 11.0. The quantitative estimate of drug-likeness (QED) is 0.466. The van der Waals surface area contributed by atoms with Crippen molar-refractivity contribution in [3.05, 3.63) is 10.4 Å². The van der Waals surface area contributed by atoms with Crippen molar-refractivity contribution in [2.75, 3.05) is 18.1 Å². The van der Waals surface area contributed by atoms with Crippen LogP contribution in [0.15, 0.2) is 9.91 Å². The normalized spacial score (nSPS) is 9.42. The van der Waals surface area contributed by atoms with Crippen molar-refractivity contribution in [1.82, 2.24) is 9.97 Å². The summed E-state index contributed by atoms with van der Waals surface area (Å²) in [5, 5.41) is 5.61. The molecule has 0 saturated carbocycles. The second-order valence-electron chi connectivity index (χ2n) is 2.01. The zero-order valence-corrected chi connectivity index (χ0v) is 6.38. The molecule has 0 saturated heterocycles. The van der Waals surface area contributed by atoms with Crippen molar-refractivity contribution in [1.29, 1.82) is 5.53 Å². The third kappa shape index (κ3) is 1.24. The topological polar surface area (TPSA) is 120 Å². The molecule has 0 atom stereocenters. The highest BCUT2D eigenvalue weighted by atomic mass is 16.1. The van der Waals surface area contributed by atoms with Crippen molar-refractivity contribution >= 4 is 17.5 Å². The standard InChI is InChI=1S/C5H8N6O/c1-8-3-2(11-7)4(12)10-5(6)9-3/h7H,1H3,(H4,6,8,9,10,12). The third-order valence-corrected chi connectivity index (χ3v) is 1.26. The summed E-state index contributed by atoms with van der Waals surface area (Å²) < 4.78 is 0. The molecule has 1 aromatic heterocycles. The van der Waals surface area contributed by atoms with Crippen LogP contribution in [0.4, 0.5) is 17.5 Å². The number of aromatic nitrogens is 2. The number of hydrogen-bond acceptors (Lipinski definition) is 6. The monoisotopic (exact) mass is 168 g/mol. The van der Waals surface area contributed by atoms with Crippen LogP contribution in [0.3, 0.4) is 0 Å². The molecule has 1 heterocycles. The van der Waals surface area contributed by atoms with Gasteiger partial charge in [-0.05, 0) is 0 Å². The van der Waals surface area contributed by atoms with Crippen molar-refractivity contribution in [3.8, 4) is 0 Å². The van der Waals surface area contributed by atoms with Gasteiger partial charge in [0.25, 0.3) is 5.56 Å². The lowest BCUT2D eigenvalue weighted by molar-refractivity contribution is 1.06. The summed E-state index contributed by atoms with van der Waals surface area (Å²) >= 11 is 0. The minimum atomic E-state index is -0.526. The number of nitrogens with zero attached hydrogens (tertiary/aromatic N) is 2. The van der Waals surface area contributed by atoms with E-state index >= 15 is 0 Å². The first kappa shape index (κ1) is 8.18. The number of rotatable bonds is 2. The average Bonchev–Trinajstić information content (AvgIpc) is 2.03. The highest BCUT2D eigenvalue weighted by Gasteiger charge is 2.06. The molecule has 7 nitrogen and oxygen atoms in total. The second-order valence-corrected chi connectivity index (χ2v) is 2.01. The highest BCUT2D eigenvalue weighted by Crippen LogP contribution is 2.15. The SMILES string of the molecule is CNc1nc(N)[nH]c(=O)c1N=N. The van der Waals surface area contributed by atoms with Crippen LogP contribution in [0.1, 0.15) is 0 Å². The molecular formula is C5H8N6O. The van der Waals surface area contributed by atoms with Crippen LogP contribution >= 0.6 is 0 Å². The Bertz CT molecular complexity index is 355. The minimum absolute atomic E-state index is 0.00301. The summed E-state index contributed by atoms with van der Waals surface area (Å²) in [6, 6.07) is 0. The number of hydrogen-bond donors (Lipinski definition) is 4. The molecule has 0 unspecified atom stereocenters. The first-order chi connectivity index (χ1) is 5.69. The first-order valence-electron chi connectivity index (χ1n) is 3.14. The van der Waals surface area contributed by atoms with Crippen LogP contribution < -0.4 is 16.6 Å². The van der Waals surface area contributed by atoms with Gasteiger partial charge >= 0.3 is 0 Å². The van der Waals surface area contributed by atoms with Crippen LogP contribution in [-0.4, -0.2) is 17.0 Å². The Hall–Kier alpha value is -1.92. The van der Waals surface area contributed by atoms with E-state index in [1.54, 1.807) is 7.05 Å². The number of nitrogens with one attached hydrogen (secondary N) is 3. The molecule has 0 fully saturated rings. The Morgan fingerprint density at radius 2 is 2.42 bits per heavy atom. The maximum absolute atomic E-state index is 11.0. The van der Waals surface area contributed by atoms with E-state index in [1.807, 2.05) is 0 Å². The second kappa shape index (κ2) is 2.99. The molecule has 5 N–H and O–H groups in total. The number of nitrogens with two attached hydrogens (primary N) is 1.